The first-order chi connectivity index (χ1) is 11.1. The zero-order valence-electron chi connectivity index (χ0n) is 12.5. The zero-order chi connectivity index (χ0) is 16.4. The molecule has 3 rings (SSSR count). The molecule has 0 saturated heterocycles. The molecule has 2 aromatic rings. The van der Waals surface area contributed by atoms with Gasteiger partial charge in [-0.25, -0.2) is 0 Å². The molecular weight excluding hydrogens is 330 g/mol. The van der Waals surface area contributed by atoms with E-state index in [2.05, 4.69) is 0 Å². The summed E-state index contributed by atoms with van der Waals surface area (Å²) in [6, 6.07) is 14.5. The molecule has 0 fully saturated rings. The van der Waals surface area contributed by atoms with Crippen LogP contribution in [0, 0.1) is 0 Å². The minimum absolute atomic E-state index is 0.0541. The molecule has 1 aliphatic rings. The Balaban J connectivity index is 2.00. The van der Waals surface area contributed by atoms with Gasteiger partial charge in [0, 0.05) is 33.8 Å². The summed E-state index contributed by atoms with van der Waals surface area (Å²) < 4.78 is 0. The normalized spacial score (nSPS) is 14.9. The molecule has 0 aromatic heterocycles. The van der Waals surface area contributed by atoms with Gasteiger partial charge in [-0.2, -0.15) is 0 Å². The van der Waals surface area contributed by atoms with Crippen LogP contribution < -0.4 is 4.90 Å². The average molecular weight is 344 g/mol. The molecule has 1 heterocycles. The maximum Gasteiger partial charge on any atom is 0.230 e. The largest absolute Gasteiger partial charge is 0.288 e. The highest BCUT2D eigenvalue weighted by atomic mass is 35.5. The van der Waals surface area contributed by atoms with E-state index in [-0.39, 0.29) is 11.7 Å². The van der Waals surface area contributed by atoms with Gasteiger partial charge in [0.1, 0.15) is 0 Å². The summed E-state index contributed by atoms with van der Waals surface area (Å²) in [5, 5.41) is 0.545. The smallest absolute Gasteiger partial charge is 0.230 e. The van der Waals surface area contributed by atoms with Crippen molar-refractivity contribution in [3.63, 3.8) is 0 Å². The molecule has 0 spiro atoms. The molecule has 0 atom stereocenters. The van der Waals surface area contributed by atoms with Crippen molar-refractivity contribution in [2.24, 2.45) is 0 Å². The van der Waals surface area contributed by atoms with E-state index in [1.54, 1.807) is 43.5 Å². The van der Waals surface area contributed by atoms with Crippen LogP contribution >= 0.6 is 23.4 Å². The third-order valence-electron chi connectivity index (χ3n) is 3.48. The number of hydrogen-bond donors (Lipinski definition) is 0. The van der Waals surface area contributed by atoms with Gasteiger partial charge in [-0.15, -0.1) is 0 Å². The average Bonchev–Trinajstić information content (AvgIpc) is 2.88. The van der Waals surface area contributed by atoms with Gasteiger partial charge in [0.2, 0.25) is 11.7 Å². The summed E-state index contributed by atoms with van der Waals surface area (Å²) in [7, 11) is 0. The minimum atomic E-state index is -0.0934. The number of fused-ring (bicyclic) bond motifs is 1. The fourth-order valence-corrected chi connectivity index (χ4v) is 3.53. The highest BCUT2D eigenvalue weighted by molar-refractivity contribution is 8.04. The van der Waals surface area contributed by atoms with Crippen molar-refractivity contribution in [2.45, 2.75) is 18.2 Å². The second-order valence-corrected chi connectivity index (χ2v) is 6.54. The van der Waals surface area contributed by atoms with E-state index in [0.29, 0.717) is 27.6 Å². The summed E-state index contributed by atoms with van der Waals surface area (Å²) in [5.74, 6) is -0.148. The van der Waals surface area contributed by atoms with Crippen molar-refractivity contribution in [1.82, 2.24) is 0 Å². The SMILES string of the molecule is CCC(=O)N(C=C1Sc2ccccc2C1=O)c1cccc(Cl)c1. The van der Waals surface area contributed by atoms with Gasteiger partial charge in [-0.05, 0) is 30.3 Å². The van der Waals surface area contributed by atoms with Crippen LogP contribution in [0.15, 0.2) is 64.5 Å². The van der Waals surface area contributed by atoms with Crippen LogP contribution in [0.3, 0.4) is 0 Å². The monoisotopic (exact) mass is 343 g/mol. The first-order valence-corrected chi connectivity index (χ1v) is 8.40. The van der Waals surface area contributed by atoms with Crippen LogP contribution in [0.25, 0.3) is 0 Å². The Morgan fingerprint density at radius 1 is 1.22 bits per heavy atom. The fourth-order valence-electron chi connectivity index (χ4n) is 2.33. The minimum Gasteiger partial charge on any atom is -0.288 e. The molecule has 0 N–H and O–H groups in total. The molecule has 0 unspecified atom stereocenters. The van der Waals surface area contributed by atoms with Crippen molar-refractivity contribution in [3.05, 3.63) is 70.2 Å². The molecule has 1 amide bonds. The number of rotatable bonds is 3. The van der Waals surface area contributed by atoms with Crippen LogP contribution in [0.2, 0.25) is 5.02 Å². The molecular formula is C18H14ClNO2S. The van der Waals surface area contributed by atoms with E-state index in [9.17, 15) is 9.59 Å². The summed E-state index contributed by atoms with van der Waals surface area (Å²) in [6.07, 6.45) is 1.95. The highest BCUT2D eigenvalue weighted by Crippen LogP contribution is 2.40. The van der Waals surface area contributed by atoms with Gasteiger partial charge in [0.25, 0.3) is 0 Å². The maximum absolute atomic E-state index is 12.5. The second-order valence-electron chi connectivity index (χ2n) is 5.02. The third-order valence-corrected chi connectivity index (χ3v) is 4.80. The summed E-state index contributed by atoms with van der Waals surface area (Å²) >= 11 is 7.41. The van der Waals surface area contributed by atoms with Crippen molar-refractivity contribution < 1.29 is 9.59 Å². The number of allylic oxidation sites excluding steroid dienone is 1. The van der Waals surface area contributed by atoms with E-state index < -0.39 is 0 Å². The third kappa shape index (κ3) is 3.19. The molecule has 2 aromatic carbocycles. The van der Waals surface area contributed by atoms with E-state index in [1.807, 2.05) is 18.2 Å². The van der Waals surface area contributed by atoms with Crippen LogP contribution in [-0.4, -0.2) is 11.7 Å². The topological polar surface area (TPSA) is 37.4 Å². The summed E-state index contributed by atoms with van der Waals surface area (Å²) in [6.45, 7) is 1.79. The molecule has 3 nitrogen and oxygen atoms in total. The Morgan fingerprint density at radius 2 is 2.00 bits per heavy atom. The Bertz CT molecular complexity index is 816. The van der Waals surface area contributed by atoms with E-state index in [4.69, 9.17) is 11.6 Å². The molecule has 23 heavy (non-hydrogen) atoms. The fraction of sp³-hybridized carbons (Fsp3) is 0.111. The molecule has 0 saturated carbocycles. The number of amides is 1. The number of ketones is 1. The number of hydrogen-bond acceptors (Lipinski definition) is 3. The Labute approximate surface area is 143 Å². The van der Waals surface area contributed by atoms with Crippen LogP contribution in [-0.2, 0) is 4.79 Å². The standard InChI is InChI=1S/C18H14ClNO2S/c1-2-17(21)20(13-7-5-6-12(19)10-13)11-16-18(22)14-8-3-4-9-15(14)23-16/h3-11H,2H2,1H3. The van der Waals surface area contributed by atoms with E-state index >= 15 is 0 Å². The molecule has 5 heteroatoms. The zero-order valence-corrected chi connectivity index (χ0v) is 14.0. The summed E-state index contributed by atoms with van der Waals surface area (Å²) in [4.78, 5) is 27.7. The lowest BCUT2D eigenvalue weighted by atomic mass is 10.1. The van der Waals surface area contributed by atoms with Crippen LogP contribution in [0.1, 0.15) is 23.7 Å². The maximum atomic E-state index is 12.5. The predicted molar refractivity (Wildman–Crippen MR) is 93.9 cm³/mol. The Morgan fingerprint density at radius 3 is 2.70 bits per heavy atom. The predicted octanol–water partition coefficient (Wildman–Crippen LogP) is 4.91. The molecule has 0 radical (unpaired) electrons. The van der Waals surface area contributed by atoms with Gasteiger partial charge in [-0.1, -0.05) is 48.5 Å². The lowest BCUT2D eigenvalue weighted by Crippen LogP contribution is -2.25. The van der Waals surface area contributed by atoms with Crippen LogP contribution in [0.5, 0.6) is 0 Å². The van der Waals surface area contributed by atoms with Gasteiger partial charge in [0.15, 0.2) is 0 Å². The lowest BCUT2D eigenvalue weighted by Gasteiger charge is -2.19. The van der Waals surface area contributed by atoms with Crippen molar-refractivity contribution in [3.8, 4) is 0 Å². The quantitative estimate of drug-likeness (QED) is 0.743. The number of carbonyl (C=O) groups is 2. The van der Waals surface area contributed by atoms with Crippen molar-refractivity contribution >= 4 is 40.7 Å². The van der Waals surface area contributed by atoms with E-state index in [1.165, 1.54) is 16.7 Å². The Kier molecular flexibility index (Phi) is 4.55. The molecule has 1 aliphatic heterocycles. The Hall–Kier alpha value is -2.04. The van der Waals surface area contributed by atoms with Gasteiger partial charge >= 0.3 is 0 Å². The van der Waals surface area contributed by atoms with Crippen molar-refractivity contribution in [2.75, 3.05) is 4.90 Å². The number of anilines is 1. The number of carbonyl (C=O) groups excluding carboxylic acids is 2. The first kappa shape index (κ1) is 15.8. The second kappa shape index (κ2) is 6.60. The first-order valence-electron chi connectivity index (χ1n) is 7.21. The molecule has 116 valence electrons. The number of nitrogens with zero attached hydrogens (tertiary/aromatic N) is 1. The van der Waals surface area contributed by atoms with Gasteiger partial charge in [0.05, 0.1) is 4.91 Å². The van der Waals surface area contributed by atoms with E-state index in [0.717, 1.165) is 4.90 Å². The van der Waals surface area contributed by atoms with Crippen LogP contribution in [0.4, 0.5) is 5.69 Å². The van der Waals surface area contributed by atoms with Crippen molar-refractivity contribution in [1.29, 1.82) is 0 Å². The highest BCUT2D eigenvalue weighted by Gasteiger charge is 2.27. The number of Topliss-reactive ketones (excluding diaryl/α,β-unsaturated/α-hetero) is 1. The lowest BCUT2D eigenvalue weighted by molar-refractivity contribution is -0.117. The molecule has 0 aliphatic carbocycles. The number of thioether (sulfide) groups is 1. The number of halogens is 1. The number of benzene rings is 2. The molecule has 0 bridgehead atoms. The van der Waals surface area contributed by atoms with Gasteiger partial charge in [-0.3, -0.25) is 14.5 Å². The van der Waals surface area contributed by atoms with Gasteiger partial charge < -0.3 is 0 Å². The summed E-state index contributed by atoms with van der Waals surface area (Å²) in [5.41, 5.74) is 1.33.